The van der Waals surface area contributed by atoms with Crippen LogP contribution in [0, 0.1) is 0 Å². The van der Waals surface area contributed by atoms with Gasteiger partial charge in [0.25, 0.3) is 0 Å². The molecule has 0 amide bonds. The Morgan fingerprint density at radius 2 is 1.77 bits per heavy atom. The van der Waals surface area contributed by atoms with E-state index in [-0.39, 0.29) is 0 Å². The van der Waals surface area contributed by atoms with Gasteiger partial charge in [-0.3, -0.25) is 4.90 Å². The van der Waals surface area contributed by atoms with Gasteiger partial charge in [0.2, 0.25) is 0 Å². The van der Waals surface area contributed by atoms with Gasteiger partial charge in [0, 0.05) is 36.6 Å². The molecule has 0 radical (unpaired) electrons. The summed E-state index contributed by atoms with van der Waals surface area (Å²) in [5.41, 5.74) is 3.23. The highest BCUT2D eigenvalue weighted by Crippen LogP contribution is 2.24. The lowest BCUT2D eigenvalue weighted by molar-refractivity contribution is 0.0363. The zero-order valence-corrected chi connectivity index (χ0v) is 18.7. The van der Waals surface area contributed by atoms with Gasteiger partial charge in [0.05, 0.1) is 31.2 Å². The molecule has 1 aliphatic heterocycles. The smallest absolute Gasteiger partial charge is 0.190 e. The van der Waals surface area contributed by atoms with Crippen molar-refractivity contribution in [1.82, 2.24) is 9.47 Å². The zero-order valence-electron chi connectivity index (χ0n) is 17.1. The van der Waals surface area contributed by atoms with Crippen LogP contribution in [0.25, 0.3) is 11.3 Å². The molecule has 1 aromatic heterocycles. The second-order valence-electron chi connectivity index (χ2n) is 7.05. The molecule has 3 aromatic rings. The summed E-state index contributed by atoms with van der Waals surface area (Å²) in [5.74, 6) is 0.891. The van der Waals surface area contributed by atoms with Crippen molar-refractivity contribution in [2.75, 3.05) is 39.5 Å². The molecule has 0 aliphatic carbocycles. The lowest BCUT2D eigenvalue weighted by atomic mass is 10.1. The molecular formula is C23H26ClN3O2S. The van der Waals surface area contributed by atoms with Crippen molar-refractivity contribution < 1.29 is 9.47 Å². The number of rotatable bonds is 7. The van der Waals surface area contributed by atoms with E-state index in [1.165, 1.54) is 5.69 Å². The van der Waals surface area contributed by atoms with E-state index >= 15 is 0 Å². The number of benzene rings is 2. The zero-order chi connectivity index (χ0) is 20.8. The number of nitrogens with zero attached hydrogens (tertiary/aromatic N) is 3. The van der Waals surface area contributed by atoms with Crippen molar-refractivity contribution in [3.05, 3.63) is 63.7 Å². The Kier molecular flexibility index (Phi) is 7.23. The molecule has 0 spiro atoms. The summed E-state index contributed by atoms with van der Waals surface area (Å²) in [6.07, 6.45) is 0. The Morgan fingerprint density at radius 1 is 1.03 bits per heavy atom. The number of thiazole rings is 1. The van der Waals surface area contributed by atoms with Crippen molar-refractivity contribution in [3.63, 3.8) is 0 Å². The number of morpholine rings is 1. The van der Waals surface area contributed by atoms with E-state index in [9.17, 15) is 0 Å². The second kappa shape index (κ2) is 10.3. The third-order valence-corrected chi connectivity index (χ3v) is 6.17. The molecule has 2 aromatic carbocycles. The monoisotopic (exact) mass is 443 g/mol. The Balaban J connectivity index is 1.66. The number of hydrogen-bond acceptors (Lipinski definition) is 5. The summed E-state index contributed by atoms with van der Waals surface area (Å²) in [7, 11) is 0. The van der Waals surface area contributed by atoms with Gasteiger partial charge in [-0.15, -0.1) is 11.3 Å². The molecule has 1 saturated heterocycles. The first-order valence-electron chi connectivity index (χ1n) is 10.2. The van der Waals surface area contributed by atoms with E-state index in [0.717, 1.165) is 66.2 Å². The van der Waals surface area contributed by atoms with Crippen molar-refractivity contribution in [3.8, 4) is 17.0 Å². The molecule has 0 saturated carbocycles. The van der Waals surface area contributed by atoms with Crippen LogP contribution in [0.5, 0.6) is 5.75 Å². The summed E-state index contributed by atoms with van der Waals surface area (Å²) in [6.45, 7) is 8.08. The van der Waals surface area contributed by atoms with Gasteiger partial charge in [-0.25, -0.2) is 4.99 Å². The van der Waals surface area contributed by atoms with Crippen LogP contribution in [0.2, 0.25) is 5.02 Å². The van der Waals surface area contributed by atoms with Gasteiger partial charge in [0.15, 0.2) is 4.80 Å². The van der Waals surface area contributed by atoms with E-state index in [2.05, 4.69) is 27.0 Å². The van der Waals surface area contributed by atoms with Crippen molar-refractivity contribution in [1.29, 1.82) is 0 Å². The lowest BCUT2D eigenvalue weighted by Gasteiger charge is -2.26. The molecule has 0 N–H and O–H groups in total. The highest BCUT2D eigenvalue weighted by molar-refractivity contribution is 7.07. The standard InChI is InChI=1S/C23H26ClN3O2S/c1-2-29-21-9-3-18(4-10-21)22-17-30-23(25-20-7-5-19(24)6-8-20)27(22)12-11-26-13-15-28-16-14-26/h3-10,17H,2,11-16H2,1H3. The maximum atomic E-state index is 6.03. The van der Waals surface area contributed by atoms with Gasteiger partial charge in [-0.1, -0.05) is 11.6 Å². The minimum Gasteiger partial charge on any atom is -0.494 e. The average molecular weight is 444 g/mol. The summed E-state index contributed by atoms with van der Waals surface area (Å²) in [5, 5.41) is 2.90. The maximum Gasteiger partial charge on any atom is 0.190 e. The van der Waals surface area contributed by atoms with E-state index in [1.807, 2.05) is 43.3 Å². The average Bonchev–Trinajstić information content (AvgIpc) is 3.18. The molecule has 7 heteroatoms. The second-order valence-corrected chi connectivity index (χ2v) is 8.33. The van der Waals surface area contributed by atoms with Gasteiger partial charge < -0.3 is 14.0 Å². The number of halogens is 1. The molecule has 2 heterocycles. The minimum atomic E-state index is 0.668. The predicted molar refractivity (Wildman–Crippen MR) is 123 cm³/mol. The highest BCUT2D eigenvalue weighted by atomic mass is 35.5. The Morgan fingerprint density at radius 3 is 2.47 bits per heavy atom. The topological polar surface area (TPSA) is 39.0 Å². The fourth-order valence-corrected chi connectivity index (χ4v) is 4.53. The molecule has 0 unspecified atom stereocenters. The molecule has 0 atom stereocenters. The SMILES string of the molecule is CCOc1ccc(-c2csc(=Nc3ccc(Cl)cc3)n2CCN2CCOCC2)cc1. The summed E-state index contributed by atoms with van der Waals surface area (Å²) in [6, 6.07) is 15.9. The first-order valence-corrected chi connectivity index (χ1v) is 11.5. The van der Waals surface area contributed by atoms with Gasteiger partial charge in [-0.05, 0) is 61.0 Å². The number of hydrogen-bond donors (Lipinski definition) is 0. The normalized spacial score (nSPS) is 15.5. The van der Waals surface area contributed by atoms with E-state index in [4.69, 9.17) is 26.1 Å². The Hall–Kier alpha value is -2.12. The lowest BCUT2D eigenvalue weighted by Crippen LogP contribution is -2.39. The fourth-order valence-electron chi connectivity index (χ4n) is 3.45. The van der Waals surface area contributed by atoms with E-state index in [1.54, 1.807) is 11.3 Å². The van der Waals surface area contributed by atoms with Crippen LogP contribution in [-0.2, 0) is 11.3 Å². The van der Waals surface area contributed by atoms with Crippen LogP contribution in [-0.4, -0.2) is 48.9 Å². The summed E-state index contributed by atoms with van der Waals surface area (Å²) < 4.78 is 13.4. The Labute approximate surface area is 186 Å². The van der Waals surface area contributed by atoms with E-state index in [0.29, 0.717) is 6.61 Å². The molecule has 1 aliphatic rings. The quantitative estimate of drug-likeness (QED) is 0.524. The van der Waals surface area contributed by atoms with Crippen LogP contribution < -0.4 is 9.54 Å². The van der Waals surface area contributed by atoms with Crippen molar-refractivity contribution in [2.24, 2.45) is 4.99 Å². The Bertz CT molecular complexity index is 1010. The highest BCUT2D eigenvalue weighted by Gasteiger charge is 2.13. The van der Waals surface area contributed by atoms with Crippen LogP contribution in [0.4, 0.5) is 5.69 Å². The minimum absolute atomic E-state index is 0.668. The first-order chi connectivity index (χ1) is 14.7. The molecule has 158 valence electrons. The first kappa shape index (κ1) is 21.1. The maximum absolute atomic E-state index is 6.03. The molecule has 30 heavy (non-hydrogen) atoms. The van der Waals surface area contributed by atoms with Crippen LogP contribution in [0.3, 0.4) is 0 Å². The number of aromatic nitrogens is 1. The third kappa shape index (κ3) is 5.32. The molecular weight excluding hydrogens is 418 g/mol. The third-order valence-electron chi connectivity index (χ3n) is 5.05. The fraction of sp³-hybridized carbons (Fsp3) is 0.348. The molecule has 1 fully saturated rings. The molecule has 0 bridgehead atoms. The predicted octanol–water partition coefficient (Wildman–Crippen LogP) is 4.83. The van der Waals surface area contributed by atoms with Crippen molar-refractivity contribution in [2.45, 2.75) is 13.5 Å². The van der Waals surface area contributed by atoms with Gasteiger partial charge >= 0.3 is 0 Å². The number of ether oxygens (including phenoxy) is 2. The van der Waals surface area contributed by atoms with Crippen molar-refractivity contribution >= 4 is 28.6 Å². The summed E-state index contributed by atoms with van der Waals surface area (Å²) >= 11 is 7.69. The van der Waals surface area contributed by atoms with Gasteiger partial charge in [0.1, 0.15) is 5.75 Å². The van der Waals surface area contributed by atoms with E-state index < -0.39 is 0 Å². The molecule has 5 nitrogen and oxygen atoms in total. The van der Waals surface area contributed by atoms with Crippen LogP contribution in [0.15, 0.2) is 58.9 Å². The molecule has 4 rings (SSSR count). The summed E-state index contributed by atoms with van der Waals surface area (Å²) in [4.78, 5) is 8.32. The largest absolute Gasteiger partial charge is 0.494 e. The van der Waals surface area contributed by atoms with Crippen LogP contribution >= 0.6 is 22.9 Å². The van der Waals surface area contributed by atoms with Crippen LogP contribution in [0.1, 0.15) is 6.92 Å². The van der Waals surface area contributed by atoms with Gasteiger partial charge in [-0.2, -0.15) is 0 Å².